The lowest BCUT2D eigenvalue weighted by Crippen LogP contribution is -2.22. The van der Waals surface area contributed by atoms with Gasteiger partial charge in [0.25, 0.3) is 0 Å². The van der Waals surface area contributed by atoms with E-state index in [9.17, 15) is 0 Å². The highest BCUT2D eigenvalue weighted by Gasteiger charge is 2.70. The molecule has 0 radical (unpaired) electrons. The smallest absolute Gasteiger partial charge is 0.159 e. The van der Waals surface area contributed by atoms with Crippen LogP contribution in [-0.2, 0) is 9.47 Å². The van der Waals surface area contributed by atoms with Gasteiger partial charge in [0.1, 0.15) is 5.76 Å². The Morgan fingerprint density at radius 2 is 2.33 bits per heavy atom. The summed E-state index contributed by atoms with van der Waals surface area (Å²) in [6, 6.07) is 0. The van der Waals surface area contributed by atoms with Crippen LogP contribution < -0.4 is 0 Å². The van der Waals surface area contributed by atoms with Crippen LogP contribution in [0, 0.1) is 17.8 Å². The molecular weight excluding hydrogens is 152 g/mol. The van der Waals surface area contributed by atoms with E-state index in [1.165, 1.54) is 18.6 Å². The molecule has 5 aliphatic rings. The first-order chi connectivity index (χ1) is 5.93. The van der Waals surface area contributed by atoms with Crippen LogP contribution in [0.15, 0.2) is 11.3 Å². The van der Waals surface area contributed by atoms with Crippen LogP contribution >= 0.6 is 0 Å². The molecule has 0 aromatic rings. The van der Waals surface area contributed by atoms with Gasteiger partial charge < -0.3 is 9.47 Å². The second kappa shape index (κ2) is 1.25. The van der Waals surface area contributed by atoms with Crippen molar-refractivity contribution >= 4 is 0 Å². The van der Waals surface area contributed by atoms with Crippen LogP contribution in [-0.4, -0.2) is 18.3 Å². The average molecular weight is 162 g/mol. The summed E-state index contributed by atoms with van der Waals surface area (Å²) < 4.78 is 11.2. The van der Waals surface area contributed by atoms with Crippen molar-refractivity contribution in [1.82, 2.24) is 0 Å². The fourth-order valence-electron chi connectivity index (χ4n) is 4.01. The van der Waals surface area contributed by atoms with Crippen LogP contribution in [0.2, 0.25) is 0 Å². The summed E-state index contributed by atoms with van der Waals surface area (Å²) in [4.78, 5) is 0. The van der Waals surface area contributed by atoms with Crippen molar-refractivity contribution in [2.45, 2.75) is 31.2 Å². The van der Waals surface area contributed by atoms with Gasteiger partial charge >= 0.3 is 0 Å². The van der Waals surface area contributed by atoms with Gasteiger partial charge in [0.2, 0.25) is 0 Å². The SMILES string of the molecule is C1C2OC2C2C1C1=C3OC3C2C1. The lowest BCUT2D eigenvalue weighted by molar-refractivity contribution is 0.180. The molecule has 2 saturated carbocycles. The van der Waals surface area contributed by atoms with E-state index in [2.05, 4.69) is 0 Å². The first-order valence-electron chi connectivity index (χ1n) is 4.98. The summed E-state index contributed by atoms with van der Waals surface area (Å²) in [6.07, 6.45) is 4.51. The molecule has 0 spiro atoms. The predicted molar refractivity (Wildman–Crippen MR) is 40.3 cm³/mol. The number of hydrogen-bond donors (Lipinski definition) is 0. The summed E-state index contributed by atoms with van der Waals surface area (Å²) >= 11 is 0. The third-order valence-electron chi connectivity index (χ3n) is 4.51. The van der Waals surface area contributed by atoms with Gasteiger partial charge in [-0.05, 0) is 24.3 Å². The predicted octanol–water partition coefficient (Wildman–Crippen LogP) is 1.08. The molecule has 2 aliphatic heterocycles. The monoisotopic (exact) mass is 162 g/mol. The normalized spacial score (nSPS) is 67.3. The summed E-state index contributed by atoms with van der Waals surface area (Å²) in [5, 5.41) is 0. The highest BCUT2D eigenvalue weighted by atomic mass is 16.6. The molecule has 2 heterocycles. The standard InChI is InChI=1S/C10H10O2/c1-4-3-2-6-10(11-6)7(3)5(1)9-8(4)12-9/h3,5-7,9-10H,1-2H2. The zero-order valence-electron chi connectivity index (χ0n) is 6.69. The quantitative estimate of drug-likeness (QED) is 0.498. The van der Waals surface area contributed by atoms with Crippen LogP contribution in [0.1, 0.15) is 12.8 Å². The van der Waals surface area contributed by atoms with E-state index in [1.54, 1.807) is 5.57 Å². The first-order valence-corrected chi connectivity index (χ1v) is 4.98. The summed E-state index contributed by atoms with van der Waals surface area (Å²) in [7, 11) is 0. The average Bonchev–Trinajstić information content (AvgIpc) is 2.92. The number of fused-ring (bicyclic) bond motifs is 9. The fourth-order valence-corrected chi connectivity index (χ4v) is 4.01. The Balaban J connectivity index is 1.75. The topological polar surface area (TPSA) is 25.1 Å². The molecule has 12 heavy (non-hydrogen) atoms. The molecule has 6 atom stereocenters. The third-order valence-corrected chi connectivity index (χ3v) is 4.51. The molecular formula is C10H10O2. The molecule has 2 heteroatoms. The molecule has 0 amide bonds. The first kappa shape index (κ1) is 5.28. The Morgan fingerprint density at radius 1 is 1.33 bits per heavy atom. The van der Waals surface area contributed by atoms with Gasteiger partial charge in [-0.25, -0.2) is 0 Å². The zero-order valence-corrected chi connectivity index (χ0v) is 6.69. The van der Waals surface area contributed by atoms with Gasteiger partial charge in [0.05, 0.1) is 12.2 Å². The minimum Gasteiger partial charge on any atom is -0.483 e. The van der Waals surface area contributed by atoms with Crippen LogP contribution in [0.4, 0.5) is 0 Å². The maximum absolute atomic E-state index is 5.61. The van der Waals surface area contributed by atoms with Crippen molar-refractivity contribution in [3.05, 3.63) is 11.3 Å². The molecule has 2 saturated heterocycles. The van der Waals surface area contributed by atoms with Gasteiger partial charge in [-0.2, -0.15) is 0 Å². The maximum atomic E-state index is 5.61. The van der Waals surface area contributed by atoms with E-state index in [-0.39, 0.29) is 0 Å². The maximum Gasteiger partial charge on any atom is 0.159 e. The van der Waals surface area contributed by atoms with Gasteiger partial charge in [0.15, 0.2) is 6.10 Å². The van der Waals surface area contributed by atoms with Crippen molar-refractivity contribution in [3.63, 3.8) is 0 Å². The van der Waals surface area contributed by atoms with E-state index in [0.717, 1.165) is 17.8 Å². The van der Waals surface area contributed by atoms with Gasteiger partial charge in [0, 0.05) is 11.8 Å². The number of epoxide rings is 2. The van der Waals surface area contributed by atoms with Gasteiger partial charge in [-0.3, -0.25) is 0 Å². The molecule has 0 aromatic carbocycles. The number of ether oxygens (including phenoxy) is 2. The van der Waals surface area contributed by atoms with Gasteiger partial charge in [-0.15, -0.1) is 0 Å². The Morgan fingerprint density at radius 3 is 3.33 bits per heavy atom. The molecule has 2 bridgehead atoms. The lowest BCUT2D eigenvalue weighted by atomic mass is 9.85. The van der Waals surface area contributed by atoms with E-state index < -0.39 is 0 Å². The lowest BCUT2D eigenvalue weighted by Gasteiger charge is -2.18. The van der Waals surface area contributed by atoms with Crippen LogP contribution in [0.25, 0.3) is 0 Å². The molecule has 3 aliphatic carbocycles. The van der Waals surface area contributed by atoms with Crippen LogP contribution in [0.3, 0.4) is 0 Å². The number of allylic oxidation sites excluding steroid dienone is 1. The van der Waals surface area contributed by atoms with Crippen molar-refractivity contribution in [2.75, 3.05) is 0 Å². The Bertz CT molecular complexity index is 333. The molecule has 4 fully saturated rings. The molecule has 0 aromatic heterocycles. The van der Waals surface area contributed by atoms with Crippen molar-refractivity contribution in [3.8, 4) is 0 Å². The Labute approximate surface area is 70.5 Å². The number of hydrogen-bond acceptors (Lipinski definition) is 2. The second-order valence-electron chi connectivity index (χ2n) is 4.85. The zero-order chi connectivity index (χ0) is 7.45. The Kier molecular flexibility index (Phi) is 0.551. The minimum absolute atomic E-state index is 0.559. The van der Waals surface area contributed by atoms with Crippen molar-refractivity contribution in [1.29, 1.82) is 0 Å². The minimum atomic E-state index is 0.559. The highest BCUT2D eigenvalue weighted by Crippen LogP contribution is 2.68. The summed E-state index contributed by atoms with van der Waals surface area (Å²) in [5.74, 6) is 3.97. The number of rotatable bonds is 0. The summed E-state index contributed by atoms with van der Waals surface area (Å²) in [6.45, 7) is 0. The molecule has 0 N–H and O–H groups in total. The van der Waals surface area contributed by atoms with Gasteiger partial charge in [-0.1, -0.05) is 0 Å². The molecule has 6 unspecified atom stereocenters. The van der Waals surface area contributed by atoms with E-state index in [1.807, 2.05) is 0 Å². The molecule has 5 rings (SSSR count). The highest BCUT2D eigenvalue weighted by molar-refractivity contribution is 5.41. The fraction of sp³-hybridized carbons (Fsp3) is 0.800. The third kappa shape index (κ3) is 0.363. The van der Waals surface area contributed by atoms with Crippen molar-refractivity contribution < 1.29 is 9.47 Å². The molecule has 62 valence electrons. The second-order valence-corrected chi connectivity index (χ2v) is 4.85. The largest absolute Gasteiger partial charge is 0.483 e. The van der Waals surface area contributed by atoms with E-state index in [0.29, 0.717) is 18.3 Å². The van der Waals surface area contributed by atoms with E-state index >= 15 is 0 Å². The Hall–Kier alpha value is -0.500. The van der Waals surface area contributed by atoms with E-state index in [4.69, 9.17) is 9.47 Å². The molecule has 2 nitrogen and oxygen atoms in total. The summed E-state index contributed by atoms with van der Waals surface area (Å²) in [5.41, 5.74) is 1.69. The van der Waals surface area contributed by atoms with Crippen LogP contribution in [0.5, 0.6) is 0 Å². The van der Waals surface area contributed by atoms with Crippen molar-refractivity contribution in [2.24, 2.45) is 17.8 Å².